The van der Waals surface area contributed by atoms with Crippen molar-refractivity contribution in [1.82, 2.24) is 9.80 Å². The van der Waals surface area contributed by atoms with E-state index in [1.807, 2.05) is 46.0 Å². The number of hydrogen-bond donors (Lipinski definition) is 0. The maximum absolute atomic E-state index is 12.3. The smallest absolute Gasteiger partial charge is 0.410 e. The Morgan fingerprint density at radius 1 is 1.35 bits per heavy atom. The van der Waals surface area contributed by atoms with Gasteiger partial charge in [-0.05, 0) is 39.8 Å². The molecule has 0 radical (unpaired) electrons. The maximum atomic E-state index is 12.3. The van der Waals surface area contributed by atoms with Gasteiger partial charge >= 0.3 is 6.09 Å². The molecule has 0 N–H and O–H groups in total. The molecule has 1 unspecified atom stereocenters. The molecule has 1 aliphatic rings. The van der Waals surface area contributed by atoms with Crippen LogP contribution in [0.4, 0.5) is 4.79 Å². The van der Waals surface area contributed by atoms with Crippen LogP contribution in [0.2, 0.25) is 0 Å². The van der Waals surface area contributed by atoms with Gasteiger partial charge in [0.05, 0.1) is 13.2 Å². The van der Waals surface area contributed by atoms with E-state index in [-0.39, 0.29) is 12.3 Å². The van der Waals surface area contributed by atoms with Gasteiger partial charge in [0.2, 0.25) is 0 Å². The minimum Gasteiger partial charge on any atom is -0.444 e. The van der Waals surface area contributed by atoms with Crippen LogP contribution in [0.5, 0.6) is 0 Å². The van der Waals surface area contributed by atoms with Gasteiger partial charge in [0.15, 0.2) is 0 Å². The first-order valence-electron chi connectivity index (χ1n) is 8.19. The third kappa shape index (κ3) is 5.84. The van der Waals surface area contributed by atoms with E-state index in [2.05, 4.69) is 17.0 Å². The second kappa shape index (κ2) is 7.79. The van der Waals surface area contributed by atoms with Gasteiger partial charge in [0, 0.05) is 13.1 Å². The van der Waals surface area contributed by atoms with Crippen LogP contribution in [-0.4, -0.2) is 54.5 Å². The number of hydrogen-bond acceptors (Lipinski definition) is 4. The quantitative estimate of drug-likeness (QED) is 0.858. The fraction of sp³-hybridized carbons (Fsp3) is 0.611. The first-order valence-corrected chi connectivity index (χ1v) is 8.19. The Morgan fingerprint density at radius 3 is 2.70 bits per heavy atom. The molecule has 0 spiro atoms. The SMILES string of the molecule is CN(Cc1ccccc1)C1CN(C(=O)OC(C)(C)C)CCCO1. The molecule has 0 aromatic heterocycles. The third-order valence-electron chi connectivity index (χ3n) is 3.68. The lowest BCUT2D eigenvalue weighted by atomic mass is 10.2. The van der Waals surface area contributed by atoms with Gasteiger partial charge in [-0.15, -0.1) is 0 Å². The van der Waals surface area contributed by atoms with Crippen LogP contribution in [0, 0.1) is 0 Å². The van der Waals surface area contributed by atoms with E-state index in [0.717, 1.165) is 13.0 Å². The summed E-state index contributed by atoms with van der Waals surface area (Å²) in [5.41, 5.74) is 0.752. The number of rotatable bonds is 3. The fourth-order valence-electron chi connectivity index (χ4n) is 2.54. The largest absolute Gasteiger partial charge is 0.444 e. The minimum atomic E-state index is -0.477. The summed E-state index contributed by atoms with van der Waals surface area (Å²) in [5, 5.41) is 0. The van der Waals surface area contributed by atoms with E-state index in [9.17, 15) is 4.79 Å². The van der Waals surface area contributed by atoms with E-state index < -0.39 is 5.60 Å². The van der Waals surface area contributed by atoms with E-state index in [0.29, 0.717) is 19.7 Å². The van der Waals surface area contributed by atoms with Crippen molar-refractivity contribution in [3.05, 3.63) is 35.9 Å². The van der Waals surface area contributed by atoms with Gasteiger partial charge in [-0.25, -0.2) is 4.79 Å². The van der Waals surface area contributed by atoms with Crippen LogP contribution < -0.4 is 0 Å². The second-order valence-corrected chi connectivity index (χ2v) is 7.01. The molecule has 5 nitrogen and oxygen atoms in total. The molecule has 1 saturated heterocycles. The van der Waals surface area contributed by atoms with Crippen LogP contribution in [0.1, 0.15) is 32.8 Å². The van der Waals surface area contributed by atoms with Crippen molar-refractivity contribution in [1.29, 1.82) is 0 Å². The van der Waals surface area contributed by atoms with Crippen molar-refractivity contribution in [2.45, 2.75) is 45.6 Å². The molecule has 23 heavy (non-hydrogen) atoms. The molecule has 1 fully saturated rings. The number of amides is 1. The number of ether oxygens (including phenoxy) is 2. The Labute approximate surface area is 139 Å². The summed E-state index contributed by atoms with van der Waals surface area (Å²) in [7, 11) is 2.02. The van der Waals surface area contributed by atoms with Crippen LogP contribution in [0.3, 0.4) is 0 Å². The summed E-state index contributed by atoms with van der Waals surface area (Å²) in [5.74, 6) is 0. The monoisotopic (exact) mass is 320 g/mol. The Hall–Kier alpha value is -1.59. The molecule has 128 valence electrons. The lowest BCUT2D eigenvalue weighted by Crippen LogP contribution is -2.45. The number of likely N-dealkylation sites (N-methyl/N-ethyl adjacent to an activating group) is 1. The van der Waals surface area contributed by atoms with Crippen molar-refractivity contribution < 1.29 is 14.3 Å². The first-order chi connectivity index (χ1) is 10.8. The molecule has 0 saturated carbocycles. The highest BCUT2D eigenvalue weighted by Gasteiger charge is 2.28. The fourth-order valence-corrected chi connectivity index (χ4v) is 2.54. The zero-order valence-corrected chi connectivity index (χ0v) is 14.6. The Kier molecular flexibility index (Phi) is 6.02. The van der Waals surface area contributed by atoms with Gasteiger partial charge < -0.3 is 14.4 Å². The number of carbonyl (C=O) groups excluding carboxylic acids is 1. The molecule has 1 atom stereocenters. The average molecular weight is 320 g/mol. The summed E-state index contributed by atoms with van der Waals surface area (Å²) < 4.78 is 11.4. The Balaban J connectivity index is 1.97. The second-order valence-electron chi connectivity index (χ2n) is 7.01. The molecule has 1 heterocycles. The summed E-state index contributed by atoms with van der Waals surface area (Å²) in [6.45, 7) is 8.30. The van der Waals surface area contributed by atoms with E-state index in [1.165, 1.54) is 5.56 Å². The summed E-state index contributed by atoms with van der Waals surface area (Å²) >= 11 is 0. The molecule has 1 amide bonds. The van der Waals surface area contributed by atoms with Gasteiger partial charge in [-0.3, -0.25) is 4.90 Å². The third-order valence-corrected chi connectivity index (χ3v) is 3.68. The summed E-state index contributed by atoms with van der Waals surface area (Å²) in [6, 6.07) is 10.3. The maximum Gasteiger partial charge on any atom is 0.410 e. The van der Waals surface area contributed by atoms with Gasteiger partial charge in [0.25, 0.3) is 0 Å². The predicted molar refractivity (Wildman–Crippen MR) is 90.1 cm³/mol. The normalized spacial score (nSPS) is 19.5. The van der Waals surface area contributed by atoms with Crippen LogP contribution in [-0.2, 0) is 16.0 Å². The molecule has 1 aromatic rings. The zero-order chi connectivity index (χ0) is 16.9. The van der Waals surface area contributed by atoms with E-state index >= 15 is 0 Å². The van der Waals surface area contributed by atoms with Crippen LogP contribution in [0.15, 0.2) is 30.3 Å². The van der Waals surface area contributed by atoms with E-state index in [4.69, 9.17) is 9.47 Å². The molecular weight excluding hydrogens is 292 g/mol. The highest BCUT2D eigenvalue weighted by atomic mass is 16.6. The summed E-state index contributed by atoms with van der Waals surface area (Å²) in [6.07, 6.45) is 0.445. The highest BCUT2D eigenvalue weighted by molar-refractivity contribution is 5.68. The van der Waals surface area contributed by atoms with Gasteiger partial charge in [0.1, 0.15) is 11.8 Å². The molecule has 1 aliphatic heterocycles. The molecular formula is C18H28N2O3. The predicted octanol–water partition coefficient (Wildman–Crippen LogP) is 3.10. The highest BCUT2D eigenvalue weighted by Crippen LogP contribution is 2.16. The van der Waals surface area contributed by atoms with Crippen LogP contribution >= 0.6 is 0 Å². The lowest BCUT2D eigenvalue weighted by molar-refractivity contribution is -0.0537. The molecule has 1 aromatic carbocycles. The zero-order valence-electron chi connectivity index (χ0n) is 14.6. The standard InChI is InChI=1S/C18H28N2O3/c1-18(2,3)23-17(21)20-11-8-12-22-16(14-20)19(4)13-15-9-6-5-7-10-15/h5-7,9-10,16H,8,11-14H2,1-4H3. The molecule has 0 aliphatic carbocycles. The van der Waals surface area contributed by atoms with Crippen molar-refractivity contribution in [2.75, 3.05) is 26.7 Å². The van der Waals surface area contributed by atoms with Gasteiger partial charge in [-0.2, -0.15) is 0 Å². The molecule has 5 heteroatoms. The van der Waals surface area contributed by atoms with Gasteiger partial charge in [-0.1, -0.05) is 30.3 Å². The number of benzene rings is 1. The van der Waals surface area contributed by atoms with Crippen LogP contribution in [0.25, 0.3) is 0 Å². The first kappa shape index (κ1) is 17.8. The topological polar surface area (TPSA) is 42.0 Å². The minimum absolute atomic E-state index is 0.120. The lowest BCUT2D eigenvalue weighted by Gasteiger charge is -2.31. The van der Waals surface area contributed by atoms with E-state index in [1.54, 1.807) is 4.90 Å². The Bertz CT molecular complexity index is 499. The van der Waals surface area contributed by atoms with Crippen molar-refractivity contribution >= 4 is 6.09 Å². The molecule has 0 bridgehead atoms. The van der Waals surface area contributed by atoms with Crippen molar-refractivity contribution in [2.24, 2.45) is 0 Å². The average Bonchev–Trinajstić information content (AvgIpc) is 2.72. The van der Waals surface area contributed by atoms with Crippen molar-refractivity contribution in [3.63, 3.8) is 0 Å². The van der Waals surface area contributed by atoms with Crippen molar-refractivity contribution in [3.8, 4) is 0 Å². The number of carbonyl (C=O) groups is 1. The summed E-state index contributed by atoms with van der Waals surface area (Å²) in [4.78, 5) is 16.2. The number of nitrogens with zero attached hydrogens (tertiary/aromatic N) is 2. The molecule has 2 rings (SSSR count). The Morgan fingerprint density at radius 2 is 2.04 bits per heavy atom.